The number of hydrazine groups is 1. The number of rotatable bonds is 1. The zero-order valence-corrected chi connectivity index (χ0v) is 7.52. The molecule has 1 aromatic rings. The number of nitrogens with zero attached hydrogens (tertiary/aromatic N) is 1. The molecule has 62 valence electrons. The lowest BCUT2D eigenvalue weighted by molar-refractivity contribution is 0.630. The van der Waals surface area contributed by atoms with Crippen LogP contribution in [-0.4, -0.2) is 0 Å². The molecule has 3 N–H and O–H groups in total. The van der Waals surface area contributed by atoms with Crippen molar-refractivity contribution in [3.8, 4) is 6.07 Å². The Morgan fingerprint density at radius 2 is 2.25 bits per heavy atom. The van der Waals surface area contributed by atoms with Crippen molar-refractivity contribution in [2.45, 2.75) is 0 Å². The Balaban J connectivity index is 3.28. The Bertz CT molecular complexity index is 344. The van der Waals surface area contributed by atoms with Gasteiger partial charge in [-0.25, -0.2) is 4.39 Å². The Hall–Kier alpha value is -1.12. The van der Waals surface area contributed by atoms with E-state index in [1.165, 1.54) is 6.07 Å². The van der Waals surface area contributed by atoms with Crippen molar-refractivity contribution < 1.29 is 4.39 Å². The number of nitrogens with two attached hydrogens (primary N) is 1. The van der Waals surface area contributed by atoms with Crippen molar-refractivity contribution in [2.24, 2.45) is 5.84 Å². The first-order valence-electron chi connectivity index (χ1n) is 3.04. The van der Waals surface area contributed by atoms with Crippen LogP contribution in [0.4, 0.5) is 10.1 Å². The summed E-state index contributed by atoms with van der Waals surface area (Å²) < 4.78 is 13.4. The third kappa shape index (κ3) is 1.55. The summed E-state index contributed by atoms with van der Waals surface area (Å²) in [5, 5.41) is 8.51. The average Bonchev–Trinajstić information content (AvgIpc) is 2.08. The average molecular weight is 230 g/mol. The van der Waals surface area contributed by atoms with Gasteiger partial charge in [-0.15, -0.1) is 0 Å². The van der Waals surface area contributed by atoms with Gasteiger partial charge in [0.25, 0.3) is 0 Å². The highest BCUT2D eigenvalue weighted by Gasteiger charge is 2.05. The monoisotopic (exact) mass is 229 g/mol. The number of hydrogen-bond donors (Lipinski definition) is 2. The van der Waals surface area contributed by atoms with Gasteiger partial charge in [-0.2, -0.15) is 5.26 Å². The second-order valence-corrected chi connectivity index (χ2v) is 2.92. The molecule has 0 bridgehead atoms. The quantitative estimate of drug-likeness (QED) is 0.570. The maximum atomic E-state index is 12.9. The van der Waals surface area contributed by atoms with E-state index in [0.29, 0.717) is 4.47 Å². The number of nitriles is 1. The van der Waals surface area contributed by atoms with Crippen LogP contribution in [0.5, 0.6) is 0 Å². The first kappa shape index (κ1) is 8.97. The Morgan fingerprint density at radius 3 is 2.75 bits per heavy atom. The molecule has 0 heterocycles. The molecule has 0 spiro atoms. The van der Waals surface area contributed by atoms with E-state index in [0.717, 1.165) is 6.07 Å². The minimum absolute atomic E-state index is 0.154. The van der Waals surface area contributed by atoms with Crippen molar-refractivity contribution in [3.05, 3.63) is 28.0 Å². The molecule has 12 heavy (non-hydrogen) atoms. The molecule has 3 nitrogen and oxygen atoms in total. The Labute approximate surface area is 77.1 Å². The van der Waals surface area contributed by atoms with E-state index in [1.807, 2.05) is 6.07 Å². The van der Waals surface area contributed by atoms with E-state index in [1.54, 1.807) is 0 Å². The van der Waals surface area contributed by atoms with Gasteiger partial charge in [0.15, 0.2) is 0 Å². The number of nitrogen functional groups attached to an aromatic ring is 1. The molecule has 1 aromatic carbocycles. The number of benzene rings is 1. The van der Waals surface area contributed by atoms with Crippen LogP contribution in [0, 0.1) is 17.1 Å². The van der Waals surface area contributed by atoms with Gasteiger partial charge >= 0.3 is 0 Å². The molecule has 0 aliphatic heterocycles. The van der Waals surface area contributed by atoms with Crippen LogP contribution in [-0.2, 0) is 0 Å². The van der Waals surface area contributed by atoms with Gasteiger partial charge in [-0.3, -0.25) is 5.84 Å². The SMILES string of the molecule is N#Cc1cc(F)c(NN)cc1Br. The molecular formula is C7H5BrFN3. The molecular weight excluding hydrogens is 225 g/mol. The van der Waals surface area contributed by atoms with Crippen LogP contribution in [0.3, 0.4) is 0 Å². The van der Waals surface area contributed by atoms with Crippen LogP contribution in [0.1, 0.15) is 5.56 Å². The van der Waals surface area contributed by atoms with Crippen LogP contribution in [0.25, 0.3) is 0 Å². The van der Waals surface area contributed by atoms with E-state index in [2.05, 4.69) is 21.4 Å². The molecule has 0 fully saturated rings. The third-order valence-corrected chi connectivity index (χ3v) is 1.99. The highest BCUT2D eigenvalue weighted by Crippen LogP contribution is 2.23. The van der Waals surface area contributed by atoms with E-state index < -0.39 is 5.82 Å². The van der Waals surface area contributed by atoms with E-state index in [9.17, 15) is 4.39 Å². The van der Waals surface area contributed by atoms with E-state index >= 15 is 0 Å². The normalized spacial score (nSPS) is 9.17. The molecule has 0 aliphatic carbocycles. The summed E-state index contributed by atoms with van der Waals surface area (Å²) in [5.74, 6) is 4.47. The van der Waals surface area contributed by atoms with Crippen molar-refractivity contribution >= 4 is 21.6 Å². The van der Waals surface area contributed by atoms with Gasteiger partial charge in [0.1, 0.15) is 11.9 Å². The largest absolute Gasteiger partial charge is 0.321 e. The molecule has 0 atom stereocenters. The molecule has 0 radical (unpaired) electrons. The van der Waals surface area contributed by atoms with Crippen LogP contribution < -0.4 is 11.3 Å². The van der Waals surface area contributed by atoms with Crippen molar-refractivity contribution in [2.75, 3.05) is 5.43 Å². The lowest BCUT2D eigenvalue weighted by Gasteiger charge is -2.02. The second-order valence-electron chi connectivity index (χ2n) is 2.07. The molecule has 0 unspecified atom stereocenters. The van der Waals surface area contributed by atoms with Gasteiger partial charge in [0.2, 0.25) is 0 Å². The lowest BCUT2D eigenvalue weighted by atomic mass is 10.2. The summed E-state index contributed by atoms with van der Waals surface area (Å²) in [7, 11) is 0. The first-order chi connectivity index (χ1) is 5.69. The van der Waals surface area contributed by atoms with Crippen molar-refractivity contribution in [3.63, 3.8) is 0 Å². The minimum Gasteiger partial charge on any atom is -0.321 e. The van der Waals surface area contributed by atoms with E-state index in [4.69, 9.17) is 11.1 Å². The molecule has 0 saturated heterocycles. The van der Waals surface area contributed by atoms with Gasteiger partial charge in [-0.05, 0) is 28.1 Å². The minimum atomic E-state index is -0.544. The van der Waals surface area contributed by atoms with Crippen LogP contribution in [0.2, 0.25) is 0 Å². The zero-order valence-electron chi connectivity index (χ0n) is 5.94. The van der Waals surface area contributed by atoms with E-state index in [-0.39, 0.29) is 11.3 Å². The maximum absolute atomic E-state index is 12.9. The second kappa shape index (κ2) is 3.52. The summed E-state index contributed by atoms with van der Waals surface area (Å²) in [5.41, 5.74) is 2.57. The molecule has 0 amide bonds. The van der Waals surface area contributed by atoms with Gasteiger partial charge in [-0.1, -0.05) is 0 Å². The Morgan fingerprint density at radius 1 is 1.58 bits per heavy atom. The molecule has 0 aromatic heterocycles. The topological polar surface area (TPSA) is 61.8 Å². The predicted molar refractivity (Wildman–Crippen MR) is 46.6 cm³/mol. The third-order valence-electron chi connectivity index (χ3n) is 1.33. The molecule has 0 aliphatic rings. The van der Waals surface area contributed by atoms with Crippen LogP contribution >= 0.6 is 15.9 Å². The van der Waals surface area contributed by atoms with Crippen molar-refractivity contribution in [1.82, 2.24) is 0 Å². The standard InChI is InChI=1S/C7H5BrFN3/c8-5-2-7(12-11)6(9)1-4(5)3-10/h1-2,12H,11H2. The fraction of sp³-hybridized carbons (Fsp3) is 0. The number of nitrogens with one attached hydrogen (secondary N) is 1. The number of anilines is 1. The molecule has 1 rings (SSSR count). The van der Waals surface area contributed by atoms with Gasteiger partial charge < -0.3 is 5.43 Å². The fourth-order valence-electron chi connectivity index (χ4n) is 0.743. The van der Waals surface area contributed by atoms with Gasteiger partial charge in [0.05, 0.1) is 11.3 Å². The summed E-state index contributed by atoms with van der Waals surface area (Å²) in [6, 6.07) is 4.35. The fourth-order valence-corrected chi connectivity index (χ4v) is 1.18. The first-order valence-corrected chi connectivity index (χ1v) is 3.84. The number of hydrogen-bond acceptors (Lipinski definition) is 3. The highest BCUT2D eigenvalue weighted by atomic mass is 79.9. The summed E-state index contributed by atoms with van der Waals surface area (Å²) in [6.45, 7) is 0. The maximum Gasteiger partial charge on any atom is 0.148 e. The lowest BCUT2D eigenvalue weighted by Crippen LogP contribution is -2.08. The zero-order chi connectivity index (χ0) is 9.14. The smallest absolute Gasteiger partial charge is 0.148 e. The summed E-state index contributed by atoms with van der Waals surface area (Å²) in [6.07, 6.45) is 0. The van der Waals surface area contributed by atoms with Gasteiger partial charge in [0, 0.05) is 4.47 Å². The summed E-state index contributed by atoms with van der Waals surface area (Å²) in [4.78, 5) is 0. The molecule has 5 heteroatoms. The van der Waals surface area contributed by atoms with Crippen LogP contribution in [0.15, 0.2) is 16.6 Å². The number of halogens is 2. The highest BCUT2D eigenvalue weighted by molar-refractivity contribution is 9.10. The summed E-state index contributed by atoms with van der Waals surface area (Å²) >= 11 is 3.10. The van der Waals surface area contributed by atoms with Crippen molar-refractivity contribution in [1.29, 1.82) is 5.26 Å². The predicted octanol–water partition coefficient (Wildman–Crippen LogP) is 1.75. The Kier molecular flexibility index (Phi) is 2.63. The molecule has 0 saturated carbocycles.